The Balaban J connectivity index is 1.71. The first-order valence-corrected chi connectivity index (χ1v) is 11.2. The van der Waals surface area contributed by atoms with E-state index in [0.717, 1.165) is 9.37 Å². The van der Waals surface area contributed by atoms with Crippen LogP contribution in [-0.4, -0.2) is 23.8 Å². The van der Waals surface area contributed by atoms with E-state index in [0.29, 0.717) is 21.3 Å². The number of benzene rings is 3. The standard InChI is InChI=1S/C24H14Br2N2O5/c25-16-6-9-18(10-7-16)28-22(30)19(21(29)27-24(28)32)13-15-12-17(26)8-11-20(15)33-23(31)14-4-2-1-3-5-14/h1-13H,(H,27,29,32)/b19-13-. The van der Waals surface area contributed by atoms with Crippen LogP contribution < -0.4 is 15.0 Å². The molecule has 0 aromatic heterocycles. The van der Waals surface area contributed by atoms with Gasteiger partial charge in [-0.3, -0.25) is 14.9 Å². The molecule has 0 saturated carbocycles. The molecule has 4 amide bonds. The number of anilines is 1. The topological polar surface area (TPSA) is 92.8 Å². The van der Waals surface area contributed by atoms with Gasteiger partial charge in [-0.15, -0.1) is 0 Å². The van der Waals surface area contributed by atoms with Gasteiger partial charge in [0.05, 0.1) is 11.3 Å². The monoisotopic (exact) mass is 568 g/mol. The van der Waals surface area contributed by atoms with E-state index in [2.05, 4.69) is 37.2 Å². The van der Waals surface area contributed by atoms with E-state index >= 15 is 0 Å². The zero-order valence-corrected chi connectivity index (χ0v) is 19.9. The third kappa shape index (κ3) is 4.94. The van der Waals surface area contributed by atoms with Crippen molar-refractivity contribution in [2.75, 3.05) is 4.90 Å². The molecule has 3 aromatic carbocycles. The number of ether oxygens (including phenoxy) is 1. The summed E-state index contributed by atoms with van der Waals surface area (Å²) in [4.78, 5) is 51.4. The summed E-state index contributed by atoms with van der Waals surface area (Å²) in [7, 11) is 0. The maximum atomic E-state index is 13.1. The van der Waals surface area contributed by atoms with Crippen LogP contribution in [0.15, 0.2) is 87.3 Å². The number of urea groups is 1. The number of halogens is 2. The fourth-order valence-corrected chi connectivity index (χ4v) is 3.74. The number of esters is 1. The molecule has 0 radical (unpaired) electrons. The maximum Gasteiger partial charge on any atom is 0.343 e. The van der Waals surface area contributed by atoms with Crippen LogP contribution in [0.25, 0.3) is 6.08 Å². The van der Waals surface area contributed by atoms with Gasteiger partial charge in [0.2, 0.25) is 0 Å². The molecule has 1 saturated heterocycles. The molecule has 3 aromatic rings. The number of barbiturate groups is 1. The third-order valence-electron chi connectivity index (χ3n) is 4.67. The minimum atomic E-state index is -0.852. The SMILES string of the molecule is O=C1NC(=O)N(c2ccc(Br)cc2)C(=O)/C1=C\c1cc(Br)ccc1OC(=O)c1ccccc1. The number of rotatable bonds is 4. The van der Waals surface area contributed by atoms with Crippen molar-refractivity contribution in [2.24, 2.45) is 0 Å². The second kappa shape index (κ2) is 9.51. The number of hydrogen-bond donors (Lipinski definition) is 1. The van der Waals surface area contributed by atoms with Crippen LogP contribution in [0.5, 0.6) is 5.75 Å². The number of nitrogens with one attached hydrogen (secondary N) is 1. The van der Waals surface area contributed by atoms with Gasteiger partial charge in [0.15, 0.2) is 0 Å². The van der Waals surface area contributed by atoms with Crippen LogP contribution in [-0.2, 0) is 9.59 Å². The van der Waals surface area contributed by atoms with Crippen LogP contribution in [0.3, 0.4) is 0 Å². The van der Waals surface area contributed by atoms with E-state index in [-0.39, 0.29) is 11.3 Å². The van der Waals surface area contributed by atoms with E-state index in [1.54, 1.807) is 72.8 Å². The van der Waals surface area contributed by atoms with Gasteiger partial charge in [0.1, 0.15) is 11.3 Å². The van der Waals surface area contributed by atoms with Gasteiger partial charge in [-0.2, -0.15) is 0 Å². The third-order valence-corrected chi connectivity index (χ3v) is 5.69. The molecule has 1 fully saturated rings. The average molecular weight is 570 g/mol. The Morgan fingerprint density at radius 1 is 0.879 bits per heavy atom. The van der Waals surface area contributed by atoms with Crippen molar-refractivity contribution in [2.45, 2.75) is 0 Å². The largest absolute Gasteiger partial charge is 0.422 e. The number of amides is 4. The van der Waals surface area contributed by atoms with E-state index in [1.165, 1.54) is 6.08 Å². The molecule has 1 aliphatic heterocycles. The minimum Gasteiger partial charge on any atom is -0.422 e. The van der Waals surface area contributed by atoms with Gasteiger partial charge in [0, 0.05) is 14.5 Å². The Kier molecular flexibility index (Phi) is 6.52. The fourth-order valence-electron chi connectivity index (χ4n) is 3.10. The first-order valence-electron chi connectivity index (χ1n) is 9.57. The lowest BCUT2D eigenvalue weighted by Crippen LogP contribution is -2.54. The van der Waals surface area contributed by atoms with Gasteiger partial charge in [-0.25, -0.2) is 14.5 Å². The van der Waals surface area contributed by atoms with Crippen molar-refractivity contribution in [1.29, 1.82) is 0 Å². The second-order valence-corrected chi connectivity index (χ2v) is 8.70. The molecule has 0 bridgehead atoms. The summed E-state index contributed by atoms with van der Waals surface area (Å²) in [5, 5.41) is 2.17. The van der Waals surface area contributed by atoms with Crippen LogP contribution in [0.2, 0.25) is 0 Å². The van der Waals surface area contributed by atoms with Gasteiger partial charge >= 0.3 is 12.0 Å². The summed E-state index contributed by atoms with van der Waals surface area (Å²) in [6.45, 7) is 0. The highest BCUT2D eigenvalue weighted by Gasteiger charge is 2.37. The molecule has 7 nitrogen and oxygen atoms in total. The second-order valence-electron chi connectivity index (χ2n) is 6.87. The van der Waals surface area contributed by atoms with Crippen LogP contribution in [0, 0.1) is 0 Å². The number of hydrogen-bond acceptors (Lipinski definition) is 5. The molecule has 0 atom stereocenters. The molecular formula is C24H14Br2N2O5. The van der Waals surface area contributed by atoms with Gasteiger partial charge < -0.3 is 4.74 Å². The van der Waals surface area contributed by atoms with Gasteiger partial charge in [-0.1, -0.05) is 50.1 Å². The summed E-state index contributed by atoms with van der Waals surface area (Å²) < 4.78 is 6.91. The Morgan fingerprint density at radius 2 is 1.55 bits per heavy atom. The Labute approximate surface area is 205 Å². The fraction of sp³-hybridized carbons (Fsp3) is 0. The highest BCUT2D eigenvalue weighted by molar-refractivity contribution is 9.10. The van der Waals surface area contributed by atoms with Crippen molar-refractivity contribution in [3.63, 3.8) is 0 Å². The van der Waals surface area contributed by atoms with Crippen molar-refractivity contribution < 1.29 is 23.9 Å². The molecule has 4 rings (SSSR count). The number of carbonyl (C=O) groups excluding carboxylic acids is 4. The normalized spacial score (nSPS) is 14.9. The predicted octanol–water partition coefficient (Wildman–Crippen LogP) is 5.10. The number of imide groups is 2. The van der Waals surface area contributed by atoms with Crippen molar-refractivity contribution in [1.82, 2.24) is 5.32 Å². The molecular weight excluding hydrogens is 556 g/mol. The lowest BCUT2D eigenvalue weighted by atomic mass is 10.1. The van der Waals surface area contributed by atoms with Crippen molar-refractivity contribution in [3.8, 4) is 5.75 Å². The smallest absolute Gasteiger partial charge is 0.343 e. The lowest BCUT2D eigenvalue weighted by Gasteiger charge is -2.26. The molecule has 164 valence electrons. The van der Waals surface area contributed by atoms with Crippen LogP contribution in [0.1, 0.15) is 15.9 Å². The van der Waals surface area contributed by atoms with Crippen LogP contribution in [0.4, 0.5) is 10.5 Å². The maximum absolute atomic E-state index is 13.1. The van der Waals surface area contributed by atoms with Crippen molar-refractivity contribution >= 4 is 67.4 Å². The highest BCUT2D eigenvalue weighted by atomic mass is 79.9. The molecule has 33 heavy (non-hydrogen) atoms. The highest BCUT2D eigenvalue weighted by Crippen LogP contribution is 2.29. The van der Waals surface area contributed by atoms with E-state index in [4.69, 9.17) is 4.74 Å². The van der Waals surface area contributed by atoms with Gasteiger partial charge in [-0.05, 0) is 60.7 Å². The number of carbonyl (C=O) groups is 4. The zero-order valence-electron chi connectivity index (χ0n) is 16.7. The summed E-state index contributed by atoms with van der Waals surface area (Å²) >= 11 is 6.64. The summed E-state index contributed by atoms with van der Waals surface area (Å²) in [5.41, 5.74) is 0.659. The summed E-state index contributed by atoms with van der Waals surface area (Å²) in [6.07, 6.45) is 1.29. The molecule has 0 aliphatic carbocycles. The molecule has 1 aliphatic rings. The first kappa shape index (κ1) is 22.6. The molecule has 9 heteroatoms. The lowest BCUT2D eigenvalue weighted by molar-refractivity contribution is -0.122. The van der Waals surface area contributed by atoms with E-state index < -0.39 is 23.8 Å². The predicted molar refractivity (Wildman–Crippen MR) is 129 cm³/mol. The van der Waals surface area contributed by atoms with E-state index in [9.17, 15) is 19.2 Å². The van der Waals surface area contributed by atoms with E-state index in [1.807, 2.05) is 0 Å². The molecule has 1 heterocycles. The Hall–Kier alpha value is -3.56. The quantitative estimate of drug-likeness (QED) is 0.204. The zero-order chi connectivity index (χ0) is 23.5. The van der Waals surface area contributed by atoms with Gasteiger partial charge in [0.25, 0.3) is 11.8 Å². The van der Waals surface area contributed by atoms with Crippen molar-refractivity contribution in [3.05, 3.63) is 98.4 Å². The summed E-state index contributed by atoms with van der Waals surface area (Å²) in [5.74, 6) is -2.10. The number of nitrogens with zero attached hydrogens (tertiary/aromatic N) is 1. The molecule has 1 N–H and O–H groups in total. The molecule has 0 spiro atoms. The molecule has 0 unspecified atom stereocenters. The summed E-state index contributed by atoms with van der Waals surface area (Å²) in [6, 6.07) is 18.8. The van der Waals surface area contributed by atoms with Crippen LogP contribution >= 0.6 is 31.9 Å². The Bertz CT molecular complexity index is 1300. The average Bonchev–Trinajstić information content (AvgIpc) is 2.80. The first-order chi connectivity index (χ1) is 15.8. The minimum absolute atomic E-state index is 0.146. The Morgan fingerprint density at radius 3 is 2.24 bits per heavy atom.